The van der Waals surface area contributed by atoms with Gasteiger partial charge in [0.1, 0.15) is 0 Å². The van der Waals surface area contributed by atoms with Crippen LogP contribution in [0.5, 0.6) is 0 Å². The molecule has 0 aliphatic carbocycles. The Morgan fingerprint density at radius 1 is 1.06 bits per heavy atom. The number of Topliss-reactive ketones (excluding diaryl/α,β-unsaturated/α-hetero) is 1. The second kappa shape index (κ2) is 6.05. The zero-order chi connectivity index (χ0) is 12.0. The summed E-state index contributed by atoms with van der Waals surface area (Å²) in [6.07, 6.45) is 1.49. The molecule has 1 amide bonds. The van der Waals surface area contributed by atoms with Crippen LogP contribution in [0.25, 0.3) is 0 Å². The first kappa shape index (κ1) is 12.4. The number of nitrogens with zero attached hydrogens (tertiary/aromatic N) is 1. The summed E-state index contributed by atoms with van der Waals surface area (Å²) in [5.41, 5.74) is 0.722. The molecule has 16 heavy (non-hydrogen) atoms. The molecular formula is C13H17NO2. The Morgan fingerprint density at radius 3 is 2.25 bits per heavy atom. The van der Waals surface area contributed by atoms with E-state index in [1.54, 1.807) is 31.1 Å². The minimum Gasteiger partial charge on any atom is -0.349 e. The van der Waals surface area contributed by atoms with Crippen molar-refractivity contribution in [2.45, 2.75) is 19.3 Å². The van der Waals surface area contributed by atoms with Crippen LogP contribution in [0.1, 0.15) is 29.6 Å². The van der Waals surface area contributed by atoms with Crippen molar-refractivity contribution < 1.29 is 9.59 Å². The predicted octanol–water partition coefficient (Wildman–Crippen LogP) is 2.13. The molecule has 3 heteroatoms. The molecule has 3 nitrogen and oxygen atoms in total. The molecule has 0 aromatic heterocycles. The van der Waals surface area contributed by atoms with Gasteiger partial charge in [0.2, 0.25) is 5.91 Å². The third kappa shape index (κ3) is 3.85. The fraction of sp³-hybridized carbons (Fsp3) is 0.385. The van der Waals surface area contributed by atoms with E-state index in [1.807, 2.05) is 18.2 Å². The first-order valence-corrected chi connectivity index (χ1v) is 5.39. The number of benzene rings is 1. The van der Waals surface area contributed by atoms with Gasteiger partial charge in [-0.2, -0.15) is 0 Å². The average Bonchev–Trinajstić information content (AvgIpc) is 2.29. The quantitative estimate of drug-likeness (QED) is 0.711. The molecule has 86 valence electrons. The van der Waals surface area contributed by atoms with Gasteiger partial charge in [0.15, 0.2) is 5.78 Å². The lowest BCUT2D eigenvalue weighted by atomic mass is 10.1. The Balaban J connectivity index is 2.34. The highest BCUT2D eigenvalue weighted by Gasteiger charge is 2.07. The van der Waals surface area contributed by atoms with Gasteiger partial charge in [-0.05, 0) is 6.42 Å². The normalized spacial score (nSPS) is 9.88. The summed E-state index contributed by atoms with van der Waals surface area (Å²) in [7, 11) is 3.45. The van der Waals surface area contributed by atoms with E-state index >= 15 is 0 Å². The Hall–Kier alpha value is -1.64. The third-order valence-electron chi connectivity index (χ3n) is 2.39. The first-order chi connectivity index (χ1) is 7.61. The van der Waals surface area contributed by atoms with Gasteiger partial charge in [-0.3, -0.25) is 9.59 Å². The van der Waals surface area contributed by atoms with Crippen molar-refractivity contribution in [3.8, 4) is 0 Å². The topological polar surface area (TPSA) is 37.4 Å². The van der Waals surface area contributed by atoms with E-state index in [9.17, 15) is 9.59 Å². The maximum Gasteiger partial charge on any atom is 0.222 e. The van der Waals surface area contributed by atoms with E-state index in [1.165, 1.54) is 0 Å². The summed E-state index contributed by atoms with van der Waals surface area (Å²) < 4.78 is 0. The van der Waals surface area contributed by atoms with Crippen LogP contribution in [0.15, 0.2) is 30.3 Å². The summed E-state index contributed by atoms with van der Waals surface area (Å²) >= 11 is 0. The molecule has 0 unspecified atom stereocenters. The number of rotatable bonds is 5. The lowest BCUT2D eigenvalue weighted by Gasteiger charge is -2.09. The first-order valence-electron chi connectivity index (χ1n) is 5.39. The molecule has 1 rings (SSSR count). The highest BCUT2D eigenvalue weighted by Crippen LogP contribution is 2.07. The lowest BCUT2D eigenvalue weighted by molar-refractivity contribution is -0.128. The van der Waals surface area contributed by atoms with Gasteiger partial charge in [-0.25, -0.2) is 0 Å². The SMILES string of the molecule is CN(C)C(=O)CCCC(=O)c1ccccc1. The molecule has 0 N–H and O–H groups in total. The van der Waals surface area contributed by atoms with Crippen LogP contribution < -0.4 is 0 Å². The summed E-state index contributed by atoms with van der Waals surface area (Å²) in [6.45, 7) is 0. The van der Waals surface area contributed by atoms with E-state index in [-0.39, 0.29) is 11.7 Å². The molecule has 0 heterocycles. The van der Waals surface area contributed by atoms with Crippen molar-refractivity contribution in [3.05, 3.63) is 35.9 Å². The van der Waals surface area contributed by atoms with Gasteiger partial charge < -0.3 is 4.90 Å². The summed E-state index contributed by atoms with van der Waals surface area (Å²) in [6, 6.07) is 9.18. The number of hydrogen-bond acceptors (Lipinski definition) is 2. The number of carbonyl (C=O) groups excluding carboxylic acids is 2. The van der Waals surface area contributed by atoms with Crippen molar-refractivity contribution in [2.75, 3.05) is 14.1 Å². The fourth-order valence-corrected chi connectivity index (χ4v) is 1.39. The molecule has 0 bridgehead atoms. The minimum absolute atomic E-state index is 0.0702. The largest absolute Gasteiger partial charge is 0.349 e. The molecule has 0 radical (unpaired) electrons. The highest BCUT2D eigenvalue weighted by atomic mass is 16.2. The summed E-state index contributed by atoms with van der Waals surface area (Å²) in [5, 5.41) is 0. The second-order valence-electron chi connectivity index (χ2n) is 3.93. The maximum atomic E-state index is 11.7. The van der Waals surface area contributed by atoms with Gasteiger partial charge in [0.05, 0.1) is 0 Å². The molecule has 1 aromatic carbocycles. The molecule has 0 aliphatic heterocycles. The van der Waals surface area contributed by atoms with Crippen LogP contribution in [0, 0.1) is 0 Å². The van der Waals surface area contributed by atoms with Gasteiger partial charge in [0, 0.05) is 32.5 Å². The van der Waals surface area contributed by atoms with E-state index in [0.717, 1.165) is 5.56 Å². The van der Waals surface area contributed by atoms with Crippen LogP contribution in [0.3, 0.4) is 0 Å². The lowest BCUT2D eigenvalue weighted by Crippen LogP contribution is -2.21. The van der Waals surface area contributed by atoms with Crippen molar-refractivity contribution in [1.82, 2.24) is 4.90 Å². The Labute approximate surface area is 96.1 Å². The molecule has 0 saturated carbocycles. The predicted molar refractivity (Wildman–Crippen MR) is 63.3 cm³/mol. The molecule has 0 aliphatic rings. The third-order valence-corrected chi connectivity index (χ3v) is 2.39. The number of amides is 1. The average molecular weight is 219 g/mol. The molecular weight excluding hydrogens is 202 g/mol. The van der Waals surface area contributed by atoms with E-state index in [4.69, 9.17) is 0 Å². The van der Waals surface area contributed by atoms with Crippen molar-refractivity contribution >= 4 is 11.7 Å². The highest BCUT2D eigenvalue weighted by molar-refractivity contribution is 5.96. The zero-order valence-electron chi connectivity index (χ0n) is 9.77. The number of ketones is 1. The summed E-state index contributed by atoms with van der Waals surface area (Å²) in [4.78, 5) is 24.5. The molecule has 0 atom stereocenters. The van der Waals surface area contributed by atoms with Crippen LogP contribution in [-0.4, -0.2) is 30.7 Å². The van der Waals surface area contributed by atoms with E-state index in [0.29, 0.717) is 19.3 Å². The fourth-order valence-electron chi connectivity index (χ4n) is 1.39. The Morgan fingerprint density at radius 2 is 1.69 bits per heavy atom. The standard InChI is InChI=1S/C13H17NO2/c1-14(2)13(16)10-6-9-12(15)11-7-4-3-5-8-11/h3-5,7-8H,6,9-10H2,1-2H3. The van der Waals surface area contributed by atoms with Crippen LogP contribution >= 0.6 is 0 Å². The Bertz CT molecular complexity index is 357. The van der Waals surface area contributed by atoms with E-state index < -0.39 is 0 Å². The molecule has 1 aromatic rings. The molecule has 0 saturated heterocycles. The van der Waals surface area contributed by atoms with Crippen molar-refractivity contribution in [1.29, 1.82) is 0 Å². The monoisotopic (exact) mass is 219 g/mol. The zero-order valence-corrected chi connectivity index (χ0v) is 9.77. The van der Waals surface area contributed by atoms with Crippen LogP contribution in [-0.2, 0) is 4.79 Å². The second-order valence-corrected chi connectivity index (χ2v) is 3.93. The minimum atomic E-state index is 0.0702. The van der Waals surface area contributed by atoms with Crippen LogP contribution in [0.2, 0.25) is 0 Å². The number of hydrogen-bond donors (Lipinski definition) is 0. The Kier molecular flexibility index (Phi) is 4.70. The molecule has 0 fully saturated rings. The van der Waals surface area contributed by atoms with E-state index in [2.05, 4.69) is 0 Å². The van der Waals surface area contributed by atoms with Crippen molar-refractivity contribution in [3.63, 3.8) is 0 Å². The molecule has 0 spiro atoms. The maximum absolute atomic E-state index is 11.7. The number of carbonyl (C=O) groups is 2. The van der Waals surface area contributed by atoms with Gasteiger partial charge in [-0.15, -0.1) is 0 Å². The summed E-state index contributed by atoms with van der Waals surface area (Å²) in [5.74, 6) is 0.174. The van der Waals surface area contributed by atoms with Gasteiger partial charge in [-0.1, -0.05) is 30.3 Å². The smallest absolute Gasteiger partial charge is 0.222 e. The van der Waals surface area contributed by atoms with Crippen LogP contribution in [0.4, 0.5) is 0 Å². The van der Waals surface area contributed by atoms with Crippen molar-refractivity contribution in [2.24, 2.45) is 0 Å². The van der Waals surface area contributed by atoms with Gasteiger partial charge in [0.25, 0.3) is 0 Å². The van der Waals surface area contributed by atoms with Gasteiger partial charge >= 0.3 is 0 Å².